The van der Waals surface area contributed by atoms with Gasteiger partial charge in [0.15, 0.2) is 0 Å². The molecular weight excluding hydrogens is 242 g/mol. The van der Waals surface area contributed by atoms with Crippen molar-refractivity contribution in [1.82, 2.24) is 9.97 Å². The van der Waals surface area contributed by atoms with Crippen molar-refractivity contribution in [3.8, 4) is 5.88 Å². The van der Waals surface area contributed by atoms with E-state index in [1.165, 1.54) is 0 Å². The lowest BCUT2D eigenvalue weighted by Crippen LogP contribution is -2.17. The third kappa shape index (κ3) is 4.35. The molecular formula is C14H23N3O2. The van der Waals surface area contributed by atoms with Crippen LogP contribution >= 0.6 is 0 Å². The van der Waals surface area contributed by atoms with E-state index in [0.29, 0.717) is 12.5 Å². The van der Waals surface area contributed by atoms with Gasteiger partial charge in [0.25, 0.3) is 0 Å². The number of rotatable bonds is 7. The molecule has 0 spiro atoms. The van der Waals surface area contributed by atoms with Crippen LogP contribution in [0.3, 0.4) is 0 Å². The Hall–Kier alpha value is -1.36. The molecule has 19 heavy (non-hydrogen) atoms. The molecule has 0 radical (unpaired) electrons. The molecule has 0 aromatic carbocycles. The summed E-state index contributed by atoms with van der Waals surface area (Å²) in [7, 11) is 0. The summed E-state index contributed by atoms with van der Waals surface area (Å²) < 4.78 is 11.3. The number of hydrogen-bond acceptors (Lipinski definition) is 5. The molecule has 5 heteroatoms. The first-order valence-electron chi connectivity index (χ1n) is 7.18. The molecule has 0 saturated carbocycles. The first-order chi connectivity index (χ1) is 9.31. The van der Waals surface area contributed by atoms with Gasteiger partial charge in [-0.15, -0.1) is 0 Å². The van der Waals surface area contributed by atoms with Gasteiger partial charge in [-0.1, -0.05) is 6.92 Å². The Morgan fingerprint density at radius 1 is 1.42 bits per heavy atom. The SMILES string of the molecule is CCCc1nc(NCC)cc(OCC2CCCO2)n1. The maximum Gasteiger partial charge on any atom is 0.218 e. The fraction of sp³-hybridized carbons (Fsp3) is 0.714. The molecule has 5 nitrogen and oxygen atoms in total. The number of ether oxygens (including phenoxy) is 2. The summed E-state index contributed by atoms with van der Waals surface area (Å²) in [4.78, 5) is 8.90. The zero-order chi connectivity index (χ0) is 13.5. The molecule has 1 aromatic rings. The van der Waals surface area contributed by atoms with Crippen LogP contribution in [0.2, 0.25) is 0 Å². The second-order valence-corrected chi connectivity index (χ2v) is 4.73. The minimum Gasteiger partial charge on any atom is -0.475 e. The van der Waals surface area contributed by atoms with Crippen molar-refractivity contribution in [2.75, 3.05) is 25.1 Å². The minimum atomic E-state index is 0.215. The van der Waals surface area contributed by atoms with E-state index in [4.69, 9.17) is 9.47 Å². The molecule has 2 heterocycles. The summed E-state index contributed by atoms with van der Waals surface area (Å²) in [5.74, 6) is 2.32. The number of nitrogens with zero attached hydrogens (tertiary/aromatic N) is 2. The van der Waals surface area contributed by atoms with Crippen molar-refractivity contribution in [3.05, 3.63) is 11.9 Å². The summed E-state index contributed by atoms with van der Waals surface area (Å²) >= 11 is 0. The standard InChI is InChI=1S/C14H23N3O2/c1-3-6-12-16-13(15-4-2)9-14(17-12)19-10-11-7-5-8-18-11/h9,11H,3-8,10H2,1-2H3,(H,15,16,17). The first-order valence-corrected chi connectivity index (χ1v) is 7.18. The van der Waals surface area contributed by atoms with E-state index < -0.39 is 0 Å². The lowest BCUT2D eigenvalue weighted by Gasteiger charge is -2.12. The van der Waals surface area contributed by atoms with Crippen LogP contribution < -0.4 is 10.1 Å². The van der Waals surface area contributed by atoms with Gasteiger partial charge in [-0.2, -0.15) is 4.98 Å². The highest BCUT2D eigenvalue weighted by atomic mass is 16.5. The van der Waals surface area contributed by atoms with Gasteiger partial charge in [0.1, 0.15) is 18.2 Å². The Balaban J connectivity index is 1.99. The van der Waals surface area contributed by atoms with Crippen molar-refractivity contribution in [3.63, 3.8) is 0 Å². The Morgan fingerprint density at radius 2 is 2.32 bits per heavy atom. The van der Waals surface area contributed by atoms with Crippen LogP contribution in [-0.4, -0.2) is 35.8 Å². The molecule has 0 aliphatic carbocycles. The molecule has 1 saturated heterocycles. The van der Waals surface area contributed by atoms with E-state index in [0.717, 1.165) is 50.5 Å². The molecule has 1 fully saturated rings. The number of hydrogen-bond donors (Lipinski definition) is 1. The maximum atomic E-state index is 5.75. The van der Waals surface area contributed by atoms with Crippen LogP contribution in [0.4, 0.5) is 5.82 Å². The molecule has 1 N–H and O–H groups in total. The quantitative estimate of drug-likeness (QED) is 0.820. The molecule has 2 rings (SSSR count). The predicted molar refractivity (Wildman–Crippen MR) is 74.7 cm³/mol. The monoisotopic (exact) mass is 265 g/mol. The first kappa shape index (κ1) is 14.1. The van der Waals surface area contributed by atoms with E-state index in [2.05, 4.69) is 29.1 Å². The average Bonchev–Trinajstić information content (AvgIpc) is 2.90. The van der Waals surface area contributed by atoms with Gasteiger partial charge in [0.05, 0.1) is 6.10 Å². The Morgan fingerprint density at radius 3 is 3.00 bits per heavy atom. The number of anilines is 1. The average molecular weight is 265 g/mol. The molecule has 106 valence electrons. The lowest BCUT2D eigenvalue weighted by molar-refractivity contribution is 0.0662. The summed E-state index contributed by atoms with van der Waals surface area (Å²) in [6.07, 6.45) is 4.32. The van der Waals surface area contributed by atoms with Crippen LogP contribution in [0.25, 0.3) is 0 Å². The van der Waals surface area contributed by atoms with Gasteiger partial charge in [-0.25, -0.2) is 4.98 Å². The maximum absolute atomic E-state index is 5.75. The zero-order valence-corrected chi connectivity index (χ0v) is 11.8. The summed E-state index contributed by atoms with van der Waals surface area (Å²) in [6, 6.07) is 1.86. The van der Waals surface area contributed by atoms with Gasteiger partial charge in [-0.3, -0.25) is 0 Å². The van der Waals surface area contributed by atoms with Crippen LogP contribution in [0.5, 0.6) is 5.88 Å². The van der Waals surface area contributed by atoms with Gasteiger partial charge < -0.3 is 14.8 Å². The summed E-state index contributed by atoms with van der Waals surface area (Å²) in [5.41, 5.74) is 0. The summed E-state index contributed by atoms with van der Waals surface area (Å²) in [5, 5.41) is 3.21. The van der Waals surface area contributed by atoms with Gasteiger partial charge in [0.2, 0.25) is 5.88 Å². The van der Waals surface area contributed by atoms with E-state index in [1.54, 1.807) is 0 Å². The fourth-order valence-corrected chi connectivity index (χ4v) is 2.11. The Labute approximate surface area is 114 Å². The number of nitrogens with one attached hydrogen (secondary N) is 1. The zero-order valence-electron chi connectivity index (χ0n) is 11.8. The van der Waals surface area contributed by atoms with Crippen molar-refractivity contribution in [2.24, 2.45) is 0 Å². The van der Waals surface area contributed by atoms with Crippen LogP contribution in [-0.2, 0) is 11.2 Å². The van der Waals surface area contributed by atoms with Gasteiger partial charge in [-0.05, 0) is 26.2 Å². The normalized spacial score (nSPS) is 18.5. The molecule has 1 aliphatic rings. The lowest BCUT2D eigenvalue weighted by atomic mass is 10.2. The summed E-state index contributed by atoms with van der Waals surface area (Å²) in [6.45, 7) is 6.44. The molecule has 0 bridgehead atoms. The van der Waals surface area contributed by atoms with Crippen LogP contribution in [0.1, 0.15) is 38.9 Å². The largest absolute Gasteiger partial charge is 0.475 e. The molecule has 1 unspecified atom stereocenters. The fourth-order valence-electron chi connectivity index (χ4n) is 2.11. The molecule has 1 aliphatic heterocycles. The second-order valence-electron chi connectivity index (χ2n) is 4.73. The van der Waals surface area contributed by atoms with Crippen LogP contribution in [0.15, 0.2) is 6.07 Å². The smallest absolute Gasteiger partial charge is 0.218 e. The second kappa shape index (κ2) is 7.28. The molecule has 1 aromatic heterocycles. The van der Waals surface area contributed by atoms with Crippen molar-refractivity contribution in [1.29, 1.82) is 0 Å². The van der Waals surface area contributed by atoms with Crippen molar-refractivity contribution < 1.29 is 9.47 Å². The topological polar surface area (TPSA) is 56.3 Å². The van der Waals surface area contributed by atoms with Crippen molar-refractivity contribution >= 4 is 5.82 Å². The molecule has 1 atom stereocenters. The highest BCUT2D eigenvalue weighted by Gasteiger charge is 2.16. The van der Waals surface area contributed by atoms with E-state index in [9.17, 15) is 0 Å². The highest BCUT2D eigenvalue weighted by molar-refractivity contribution is 5.38. The van der Waals surface area contributed by atoms with E-state index in [-0.39, 0.29) is 6.10 Å². The van der Waals surface area contributed by atoms with E-state index in [1.807, 2.05) is 6.07 Å². The number of aryl methyl sites for hydroxylation is 1. The molecule has 0 amide bonds. The van der Waals surface area contributed by atoms with Gasteiger partial charge in [0, 0.05) is 25.6 Å². The number of aromatic nitrogens is 2. The highest BCUT2D eigenvalue weighted by Crippen LogP contribution is 2.17. The van der Waals surface area contributed by atoms with Gasteiger partial charge >= 0.3 is 0 Å². The Kier molecular flexibility index (Phi) is 5.39. The van der Waals surface area contributed by atoms with Crippen LogP contribution in [0, 0.1) is 0 Å². The predicted octanol–water partition coefficient (Wildman–Crippen LogP) is 2.42. The third-order valence-electron chi connectivity index (χ3n) is 3.02. The Bertz CT molecular complexity index is 368. The third-order valence-corrected chi connectivity index (χ3v) is 3.02. The van der Waals surface area contributed by atoms with E-state index >= 15 is 0 Å². The van der Waals surface area contributed by atoms with Crippen molar-refractivity contribution in [2.45, 2.75) is 45.6 Å². The minimum absolute atomic E-state index is 0.215.